The number of nitrogens with zero attached hydrogens (tertiary/aromatic N) is 1. The van der Waals surface area contributed by atoms with Crippen LogP contribution >= 0.6 is 27.5 Å². The number of nitrogen functional groups attached to an aromatic ring is 1. The van der Waals surface area contributed by atoms with Gasteiger partial charge in [0.2, 0.25) is 0 Å². The second kappa shape index (κ2) is 3.53. The summed E-state index contributed by atoms with van der Waals surface area (Å²) in [7, 11) is 0. The molecule has 0 fully saturated rings. The second-order valence-corrected chi connectivity index (χ2v) is 3.20. The van der Waals surface area contributed by atoms with Crippen molar-refractivity contribution in [3.8, 4) is 0 Å². The molecule has 0 saturated heterocycles. The number of hydrogen-bond acceptors (Lipinski definition) is 2. The number of anilines is 1. The molecule has 2 nitrogen and oxygen atoms in total. The predicted molar refractivity (Wildman–Crippen MR) is 46.3 cm³/mol. The zero-order valence-corrected chi connectivity index (χ0v) is 8.03. The molecule has 0 bridgehead atoms. The highest BCUT2D eigenvalue weighted by atomic mass is 79.9. The summed E-state index contributed by atoms with van der Waals surface area (Å²) in [5.41, 5.74) is 5.13. The lowest BCUT2D eigenvalue weighted by atomic mass is 10.3. The Morgan fingerprint density at radius 2 is 2.17 bits per heavy atom. The molecule has 0 radical (unpaired) electrons. The number of nitrogens with two attached hydrogens (primary N) is 1. The maximum atomic E-state index is 12.1. The van der Waals surface area contributed by atoms with Crippen molar-refractivity contribution in [2.24, 2.45) is 0 Å². The topological polar surface area (TPSA) is 38.9 Å². The molecule has 0 aliphatic heterocycles. The molecule has 0 unspecified atom stereocenters. The summed E-state index contributed by atoms with van der Waals surface area (Å²) in [4.78, 5) is 3.40. The molecular weight excluding hydrogens is 253 g/mol. The minimum atomic E-state index is -2.69. The first-order chi connectivity index (χ1) is 5.54. The Balaban J connectivity index is 3.27. The first-order valence-corrected chi connectivity index (χ1v) is 4.08. The Labute approximate surface area is 80.9 Å². The molecule has 0 spiro atoms. The highest BCUT2D eigenvalue weighted by Crippen LogP contribution is 2.34. The Morgan fingerprint density at radius 3 is 2.67 bits per heavy atom. The molecule has 0 aromatic carbocycles. The average Bonchev–Trinajstić information content (AvgIpc) is 2.00. The van der Waals surface area contributed by atoms with Crippen molar-refractivity contribution in [2.75, 3.05) is 5.73 Å². The summed E-state index contributed by atoms with van der Waals surface area (Å²) < 4.78 is 24.5. The van der Waals surface area contributed by atoms with Gasteiger partial charge in [-0.3, -0.25) is 4.98 Å². The van der Waals surface area contributed by atoms with Crippen LogP contribution in [0.15, 0.2) is 10.7 Å². The highest BCUT2D eigenvalue weighted by molar-refractivity contribution is 9.10. The van der Waals surface area contributed by atoms with Crippen LogP contribution in [0.1, 0.15) is 12.1 Å². The van der Waals surface area contributed by atoms with Crippen LogP contribution in [-0.2, 0) is 0 Å². The normalized spacial score (nSPS) is 10.8. The van der Waals surface area contributed by atoms with Crippen LogP contribution in [0.5, 0.6) is 0 Å². The van der Waals surface area contributed by atoms with Gasteiger partial charge in [-0.25, -0.2) is 8.78 Å². The van der Waals surface area contributed by atoms with Gasteiger partial charge in [0, 0.05) is 0 Å². The van der Waals surface area contributed by atoms with Gasteiger partial charge in [-0.15, -0.1) is 0 Å². The van der Waals surface area contributed by atoms with E-state index < -0.39 is 12.1 Å². The maximum absolute atomic E-state index is 12.1. The Kier molecular flexibility index (Phi) is 2.85. The number of rotatable bonds is 1. The molecule has 2 N–H and O–H groups in total. The molecule has 1 aromatic rings. The molecule has 12 heavy (non-hydrogen) atoms. The summed E-state index contributed by atoms with van der Waals surface area (Å²) in [5.74, 6) is 0. The van der Waals surface area contributed by atoms with Crippen molar-refractivity contribution in [3.05, 3.63) is 21.4 Å². The third-order valence-corrected chi connectivity index (χ3v) is 2.69. The van der Waals surface area contributed by atoms with E-state index >= 15 is 0 Å². The largest absolute Gasteiger partial charge is 0.397 e. The van der Waals surface area contributed by atoms with Gasteiger partial charge >= 0.3 is 0 Å². The van der Waals surface area contributed by atoms with E-state index in [1.807, 2.05) is 0 Å². The Bertz CT molecular complexity index is 306. The molecule has 1 heterocycles. The first kappa shape index (κ1) is 9.67. The molecule has 1 aromatic heterocycles. The van der Waals surface area contributed by atoms with Crippen molar-refractivity contribution in [1.82, 2.24) is 4.98 Å². The number of halogens is 4. The Hall–Kier alpha value is -0.420. The van der Waals surface area contributed by atoms with Crippen LogP contribution < -0.4 is 5.73 Å². The lowest BCUT2D eigenvalue weighted by Gasteiger charge is -2.05. The number of aromatic nitrogens is 1. The molecule has 66 valence electrons. The van der Waals surface area contributed by atoms with Gasteiger partial charge in [0.05, 0.1) is 21.4 Å². The molecule has 0 aliphatic rings. The molecule has 0 amide bonds. The predicted octanol–water partition coefficient (Wildman–Crippen LogP) is 3.02. The van der Waals surface area contributed by atoms with Gasteiger partial charge in [-0.05, 0) is 15.9 Å². The summed E-state index contributed by atoms with van der Waals surface area (Å²) in [6.07, 6.45) is -1.55. The fourth-order valence-corrected chi connectivity index (χ4v) is 1.19. The standard InChI is InChI=1S/C6H4BrClF2N2/c7-3-2(11)1-12-5(4(3)8)6(9)10/h1,6H,11H2. The SMILES string of the molecule is Nc1cnc(C(F)F)c(Cl)c1Br. The van der Waals surface area contributed by atoms with E-state index in [9.17, 15) is 8.78 Å². The van der Waals surface area contributed by atoms with Gasteiger partial charge in [0.15, 0.2) is 0 Å². The van der Waals surface area contributed by atoms with Crippen LogP contribution in [0.3, 0.4) is 0 Å². The lowest BCUT2D eigenvalue weighted by molar-refractivity contribution is 0.146. The highest BCUT2D eigenvalue weighted by Gasteiger charge is 2.16. The monoisotopic (exact) mass is 256 g/mol. The van der Waals surface area contributed by atoms with E-state index in [0.29, 0.717) is 0 Å². The fraction of sp³-hybridized carbons (Fsp3) is 0.167. The van der Waals surface area contributed by atoms with Crippen LogP contribution in [0.2, 0.25) is 5.02 Å². The van der Waals surface area contributed by atoms with Crippen LogP contribution in [0.25, 0.3) is 0 Å². The lowest BCUT2D eigenvalue weighted by Crippen LogP contribution is -1.96. The van der Waals surface area contributed by atoms with E-state index in [1.54, 1.807) is 0 Å². The molecule has 1 rings (SSSR count). The number of pyridine rings is 1. The van der Waals surface area contributed by atoms with Gasteiger partial charge in [-0.2, -0.15) is 0 Å². The quantitative estimate of drug-likeness (QED) is 0.840. The van der Waals surface area contributed by atoms with Gasteiger partial charge in [0.25, 0.3) is 6.43 Å². The summed E-state index contributed by atoms with van der Waals surface area (Å²) in [6, 6.07) is 0. The zero-order valence-electron chi connectivity index (χ0n) is 5.69. The van der Waals surface area contributed by atoms with E-state index in [4.69, 9.17) is 17.3 Å². The zero-order chi connectivity index (χ0) is 9.30. The van der Waals surface area contributed by atoms with E-state index in [0.717, 1.165) is 6.20 Å². The van der Waals surface area contributed by atoms with E-state index in [1.165, 1.54) is 0 Å². The van der Waals surface area contributed by atoms with Crippen LogP contribution in [0, 0.1) is 0 Å². The fourth-order valence-electron chi connectivity index (χ4n) is 0.644. The van der Waals surface area contributed by atoms with Crippen molar-refractivity contribution < 1.29 is 8.78 Å². The minimum Gasteiger partial charge on any atom is -0.397 e. The van der Waals surface area contributed by atoms with E-state index in [-0.39, 0.29) is 15.2 Å². The maximum Gasteiger partial charge on any atom is 0.281 e. The molecule has 6 heteroatoms. The van der Waals surface area contributed by atoms with Gasteiger partial charge in [-0.1, -0.05) is 11.6 Å². The summed E-state index contributed by atoms with van der Waals surface area (Å²) >= 11 is 8.49. The molecular formula is C6H4BrClF2N2. The van der Waals surface area contributed by atoms with Crippen molar-refractivity contribution in [2.45, 2.75) is 6.43 Å². The van der Waals surface area contributed by atoms with Gasteiger partial charge in [0.1, 0.15) is 5.69 Å². The summed E-state index contributed by atoms with van der Waals surface area (Å²) in [6.45, 7) is 0. The second-order valence-electron chi connectivity index (χ2n) is 2.03. The Morgan fingerprint density at radius 1 is 1.58 bits per heavy atom. The molecule has 0 aliphatic carbocycles. The van der Waals surface area contributed by atoms with Crippen molar-refractivity contribution in [3.63, 3.8) is 0 Å². The molecule has 0 atom stereocenters. The van der Waals surface area contributed by atoms with Gasteiger partial charge < -0.3 is 5.73 Å². The first-order valence-electron chi connectivity index (χ1n) is 2.91. The molecule has 0 saturated carbocycles. The van der Waals surface area contributed by atoms with E-state index in [2.05, 4.69) is 20.9 Å². The van der Waals surface area contributed by atoms with Crippen LogP contribution in [0.4, 0.5) is 14.5 Å². The van der Waals surface area contributed by atoms with Crippen LogP contribution in [-0.4, -0.2) is 4.98 Å². The smallest absolute Gasteiger partial charge is 0.281 e. The van der Waals surface area contributed by atoms with Crippen molar-refractivity contribution in [1.29, 1.82) is 0 Å². The van der Waals surface area contributed by atoms with Crippen molar-refractivity contribution >= 4 is 33.2 Å². The number of hydrogen-bond donors (Lipinski definition) is 1. The third kappa shape index (κ3) is 1.67. The summed E-state index contributed by atoms with van der Waals surface area (Å²) in [5, 5.41) is -0.134. The minimum absolute atomic E-state index is 0.134. The average molecular weight is 257 g/mol. The third-order valence-electron chi connectivity index (χ3n) is 1.22. The number of alkyl halides is 2.